The maximum absolute atomic E-state index is 11.3. The van der Waals surface area contributed by atoms with Crippen LogP contribution in [0.15, 0.2) is 29.3 Å². The van der Waals surface area contributed by atoms with Crippen LogP contribution in [0.1, 0.15) is 26.1 Å². The highest BCUT2D eigenvalue weighted by Crippen LogP contribution is 2.14. The second-order valence-corrected chi connectivity index (χ2v) is 8.78. The first-order valence-electron chi connectivity index (χ1n) is 8.94. The molecular formula is C18H29N5O2S. The molecule has 0 amide bonds. The van der Waals surface area contributed by atoms with E-state index in [0.29, 0.717) is 18.9 Å². The molecule has 1 aromatic heterocycles. The molecule has 26 heavy (non-hydrogen) atoms. The van der Waals surface area contributed by atoms with Crippen LogP contribution in [-0.4, -0.2) is 55.1 Å². The van der Waals surface area contributed by atoms with Crippen LogP contribution in [0.25, 0.3) is 11.0 Å². The van der Waals surface area contributed by atoms with Gasteiger partial charge in [0.2, 0.25) is 0 Å². The SMILES string of the molecule is CCNC(=NCCn1c(C)nc2ccccc21)NC(C)CCS(C)(=O)=O. The van der Waals surface area contributed by atoms with Gasteiger partial charge in [-0.3, -0.25) is 4.99 Å². The lowest BCUT2D eigenvalue weighted by molar-refractivity contribution is 0.580. The van der Waals surface area contributed by atoms with Crippen LogP contribution in [0.2, 0.25) is 0 Å². The van der Waals surface area contributed by atoms with E-state index < -0.39 is 9.84 Å². The summed E-state index contributed by atoms with van der Waals surface area (Å²) in [5, 5.41) is 6.48. The van der Waals surface area contributed by atoms with E-state index in [9.17, 15) is 8.42 Å². The van der Waals surface area contributed by atoms with E-state index in [4.69, 9.17) is 0 Å². The van der Waals surface area contributed by atoms with Gasteiger partial charge in [-0.05, 0) is 39.3 Å². The van der Waals surface area contributed by atoms with Gasteiger partial charge >= 0.3 is 0 Å². The fourth-order valence-corrected chi connectivity index (χ4v) is 3.54. The molecular weight excluding hydrogens is 350 g/mol. The molecule has 2 aromatic rings. The van der Waals surface area contributed by atoms with Gasteiger partial charge < -0.3 is 15.2 Å². The number of hydrogen-bond acceptors (Lipinski definition) is 4. The van der Waals surface area contributed by atoms with E-state index in [-0.39, 0.29) is 11.8 Å². The zero-order chi connectivity index (χ0) is 19.2. The predicted octanol–water partition coefficient (Wildman–Crippen LogP) is 1.72. The minimum Gasteiger partial charge on any atom is -0.357 e. The van der Waals surface area contributed by atoms with E-state index in [1.165, 1.54) is 6.26 Å². The van der Waals surface area contributed by atoms with Crippen LogP contribution in [0.4, 0.5) is 0 Å². The highest BCUT2D eigenvalue weighted by Gasteiger charge is 2.10. The van der Waals surface area contributed by atoms with Gasteiger partial charge in [-0.1, -0.05) is 12.1 Å². The number of para-hydroxylation sites is 2. The third-order valence-corrected chi connectivity index (χ3v) is 5.07. The number of aliphatic imine (C=N–C) groups is 1. The predicted molar refractivity (Wildman–Crippen MR) is 107 cm³/mol. The number of rotatable bonds is 8. The van der Waals surface area contributed by atoms with Gasteiger partial charge in [-0.2, -0.15) is 0 Å². The fourth-order valence-electron chi connectivity index (χ4n) is 2.76. The van der Waals surface area contributed by atoms with Gasteiger partial charge in [-0.25, -0.2) is 13.4 Å². The molecule has 0 saturated carbocycles. The molecule has 0 radical (unpaired) electrons. The standard InChI is InChI=1S/C18H29N5O2S/c1-5-19-18(21-14(2)10-13-26(4,24)25)20-11-12-23-15(3)22-16-8-6-7-9-17(16)23/h6-9,14H,5,10-13H2,1-4H3,(H2,19,20,21). The maximum atomic E-state index is 11.3. The third kappa shape index (κ3) is 6.01. The molecule has 1 atom stereocenters. The van der Waals surface area contributed by atoms with E-state index in [1.54, 1.807) is 0 Å². The number of sulfone groups is 1. The van der Waals surface area contributed by atoms with Gasteiger partial charge in [0, 0.05) is 25.4 Å². The van der Waals surface area contributed by atoms with Crippen molar-refractivity contribution in [3.63, 3.8) is 0 Å². The van der Waals surface area contributed by atoms with Crippen LogP contribution < -0.4 is 10.6 Å². The molecule has 2 N–H and O–H groups in total. The summed E-state index contributed by atoms with van der Waals surface area (Å²) in [4.78, 5) is 9.19. The minimum absolute atomic E-state index is 0.0262. The number of nitrogens with one attached hydrogen (secondary N) is 2. The van der Waals surface area contributed by atoms with Gasteiger partial charge in [-0.15, -0.1) is 0 Å². The Kier molecular flexibility index (Phi) is 7.02. The summed E-state index contributed by atoms with van der Waals surface area (Å²) in [7, 11) is -2.95. The van der Waals surface area contributed by atoms with Crippen LogP contribution in [0.5, 0.6) is 0 Å². The van der Waals surface area contributed by atoms with Crippen molar-refractivity contribution in [3.05, 3.63) is 30.1 Å². The molecule has 144 valence electrons. The minimum atomic E-state index is -2.95. The lowest BCUT2D eigenvalue weighted by Crippen LogP contribution is -2.43. The first kappa shape index (κ1) is 20.2. The lowest BCUT2D eigenvalue weighted by Gasteiger charge is -2.17. The number of nitrogens with zero attached hydrogens (tertiary/aromatic N) is 3. The van der Waals surface area contributed by atoms with Crippen molar-refractivity contribution in [1.29, 1.82) is 0 Å². The zero-order valence-electron chi connectivity index (χ0n) is 16.0. The molecule has 0 fully saturated rings. The van der Waals surface area contributed by atoms with Crippen LogP contribution in [-0.2, 0) is 16.4 Å². The molecule has 1 heterocycles. The summed E-state index contributed by atoms with van der Waals surface area (Å²) in [6, 6.07) is 8.10. The van der Waals surface area contributed by atoms with Crippen LogP contribution in [0, 0.1) is 6.92 Å². The second-order valence-electron chi connectivity index (χ2n) is 6.52. The highest BCUT2D eigenvalue weighted by atomic mass is 32.2. The Morgan fingerprint density at radius 2 is 2.08 bits per heavy atom. The molecule has 7 nitrogen and oxygen atoms in total. The molecule has 8 heteroatoms. The molecule has 0 saturated heterocycles. The van der Waals surface area contributed by atoms with Crippen molar-refractivity contribution in [3.8, 4) is 0 Å². The molecule has 1 unspecified atom stereocenters. The summed E-state index contributed by atoms with van der Waals surface area (Å²) in [5.41, 5.74) is 2.10. The highest BCUT2D eigenvalue weighted by molar-refractivity contribution is 7.90. The van der Waals surface area contributed by atoms with Gasteiger partial charge in [0.15, 0.2) is 5.96 Å². The lowest BCUT2D eigenvalue weighted by atomic mass is 10.3. The van der Waals surface area contributed by atoms with Crippen LogP contribution in [0.3, 0.4) is 0 Å². The van der Waals surface area contributed by atoms with Crippen LogP contribution >= 0.6 is 0 Å². The number of aromatic nitrogens is 2. The Bertz CT molecular complexity index is 858. The quantitative estimate of drug-likeness (QED) is 0.539. The topological polar surface area (TPSA) is 88.4 Å². The van der Waals surface area contributed by atoms with E-state index in [1.807, 2.05) is 39.0 Å². The van der Waals surface area contributed by atoms with Crippen molar-refractivity contribution in [2.24, 2.45) is 4.99 Å². The van der Waals surface area contributed by atoms with Crippen molar-refractivity contribution in [2.75, 3.05) is 25.1 Å². The van der Waals surface area contributed by atoms with Gasteiger partial charge in [0.25, 0.3) is 0 Å². The molecule has 0 spiro atoms. The fraction of sp³-hybridized carbons (Fsp3) is 0.556. The molecule has 0 aliphatic carbocycles. The largest absolute Gasteiger partial charge is 0.357 e. The Hall–Kier alpha value is -2.09. The Balaban J connectivity index is 1.98. The van der Waals surface area contributed by atoms with Crippen molar-refractivity contribution in [1.82, 2.24) is 20.2 Å². The summed E-state index contributed by atoms with van der Waals surface area (Å²) < 4.78 is 24.8. The molecule has 2 rings (SSSR count). The maximum Gasteiger partial charge on any atom is 0.191 e. The molecule has 1 aromatic carbocycles. The van der Waals surface area contributed by atoms with E-state index in [0.717, 1.165) is 29.9 Å². The molecule has 0 bridgehead atoms. The number of guanidine groups is 1. The Morgan fingerprint density at radius 1 is 1.35 bits per heavy atom. The first-order chi connectivity index (χ1) is 12.3. The Morgan fingerprint density at radius 3 is 2.77 bits per heavy atom. The van der Waals surface area contributed by atoms with Gasteiger partial charge in [0.05, 0.1) is 23.3 Å². The monoisotopic (exact) mass is 379 g/mol. The number of hydrogen-bond donors (Lipinski definition) is 2. The number of fused-ring (bicyclic) bond motifs is 1. The van der Waals surface area contributed by atoms with Gasteiger partial charge in [0.1, 0.15) is 15.7 Å². The average molecular weight is 380 g/mol. The van der Waals surface area contributed by atoms with E-state index in [2.05, 4.69) is 31.2 Å². The molecule has 0 aliphatic rings. The normalized spacial score (nSPS) is 13.8. The smallest absolute Gasteiger partial charge is 0.191 e. The molecule has 0 aliphatic heterocycles. The van der Waals surface area contributed by atoms with E-state index >= 15 is 0 Å². The number of imidazole rings is 1. The summed E-state index contributed by atoms with van der Waals surface area (Å²) in [6.07, 6.45) is 1.81. The second kappa shape index (κ2) is 9.02. The van der Waals surface area contributed by atoms with Crippen molar-refractivity contribution < 1.29 is 8.42 Å². The summed E-state index contributed by atoms with van der Waals surface area (Å²) in [6.45, 7) is 8.06. The summed E-state index contributed by atoms with van der Waals surface area (Å²) >= 11 is 0. The average Bonchev–Trinajstić information content (AvgIpc) is 2.88. The number of benzene rings is 1. The van der Waals surface area contributed by atoms with Crippen molar-refractivity contribution >= 4 is 26.8 Å². The van der Waals surface area contributed by atoms with Crippen molar-refractivity contribution in [2.45, 2.75) is 39.8 Å². The third-order valence-electron chi connectivity index (χ3n) is 4.09. The Labute approximate surface area is 155 Å². The number of aryl methyl sites for hydroxylation is 1. The zero-order valence-corrected chi connectivity index (χ0v) is 16.8. The first-order valence-corrected chi connectivity index (χ1v) is 11.0. The summed E-state index contributed by atoms with van der Waals surface area (Å²) in [5.74, 6) is 1.84.